The Bertz CT molecular complexity index is 589. The van der Waals surface area contributed by atoms with Gasteiger partial charge in [0.05, 0.1) is 0 Å². The van der Waals surface area contributed by atoms with Crippen molar-refractivity contribution in [3.05, 3.63) is 59.7 Å². The van der Waals surface area contributed by atoms with E-state index in [9.17, 15) is 0 Å². The molecule has 0 spiro atoms. The molecule has 0 aliphatic rings. The number of benzene rings is 2. The Kier molecular flexibility index (Phi) is 5.21. The maximum Gasteiger partial charge on any atom is 0.170 e. The summed E-state index contributed by atoms with van der Waals surface area (Å²) in [4.78, 5) is 0. The molecule has 110 valence electrons. The van der Waals surface area contributed by atoms with Crippen LogP contribution in [-0.4, -0.2) is 11.0 Å². The molecule has 0 saturated heterocycles. The number of nitrogens with two attached hydrogens (primary N) is 1. The molecular formula is C17H20N2O2. The fourth-order valence-electron chi connectivity index (χ4n) is 1.99. The van der Waals surface area contributed by atoms with Crippen LogP contribution in [0.4, 0.5) is 0 Å². The van der Waals surface area contributed by atoms with Crippen LogP contribution in [0.3, 0.4) is 0 Å². The standard InChI is InChI=1S/C17H20N2O2/c1-2-3-4-13-5-9-15(10-6-13)21-16-11-7-14(8-12-16)17(18)19-20/h5-12,20H,2-4H2,1H3,(H2,18,19). The number of aryl methyl sites for hydroxylation is 1. The first-order chi connectivity index (χ1) is 10.2. The van der Waals surface area contributed by atoms with Crippen LogP contribution in [-0.2, 0) is 6.42 Å². The molecule has 0 aliphatic heterocycles. The van der Waals surface area contributed by atoms with E-state index in [2.05, 4.69) is 24.2 Å². The maximum absolute atomic E-state index is 8.61. The van der Waals surface area contributed by atoms with Crippen molar-refractivity contribution in [2.45, 2.75) is 26.2 Å². The fraction of sp³-hybridized carbons (Fsp3) is 0.235. The molecule has 0 saturated carbocycles. The van der Waals surface area contributed by atoms with Crippen molar-refractivity contribution in [2.75, 3.05) is 0 Å². The van der Waals surface area contributed by atoms with E-state index >= 15 is 0 Å². The molecule has 0 amide bonds. The van der Waals surface area contributed by atoms with Gasteiger partial charge in [0.2, 0.25) is 0 Å². The molecule has 0 heterocycles. The summed E-state index contributed by atoms with van der Waals surface area (Å²) >= 11 is 0. The number of ether oxygens (including phenoxy) is 1. The average molecular weight is 284 g/mol. The van der Waals surface area contributed by atoms with E-state index in [4.69, 9.17) is 15.7 Å². The molecule has 4 heteroatoms. The van der Waals surface area contributed by atoms with Gasteiger partial charge < -0.3 is 15.7 Å². The molecular weight excluding hydrogens is 264 g/mol. The molecule has 3 N–H and O–H groups in total. The van der Waals surface area contributed by atoms with Gasteiger partial charge in [-0.2, -0.15) is 0 Å². The van der Waals surface area contributed by atoms with Gasteiger partial charge in [-0.25, -0.2) is 0 Å². The Morgan fingerprint density at radius 3 is 2.14 bits per heavy atom. The van der Waals surface area contributed by atoms with Gasteiger partial charge in [0.25, 0.3) is 0 Å². The number of amidine groups is 1. The number of hydrogen-bond donors (Lipinski definition) is 2. The van der Waals surface area contributed by atoms with Crippen molar-refractivity contribution in [1.82, 2.24) is 0 Å². The second-order valence-electron chi connectivity index (χ2n) is 4.86. The van der Waals surface area contributed by atoms with Crippen LogP contribution in [0.5, 0.6) is 11.5 Å². The van der Waals surface area contributed by atoms with Gasteiger partial charge in [-0.3, -0.25) is 0 Å². The van der Waals surface area contributed by atoms with Gasteiger partial charge in [0.15, 0.2) is 5.84 Å². The lowest BCUT2D eigenvalue weighted by molar-refractivity contribution is 0.318. The van der Waals surface area contributed by atoms with E-state index in [1.165, 1.54) is 18.4 Å². The lowest BCUT2D eigenvalue weighted by atomic mass is 10.1. The Labute approximate surface area is 124 Å². The van der Waals surface area contributed by atoms with Crippen LogP contribution in [0.15, 0.2) is 53.7 Å². The zero-order chi connectivity index (χ0) is 15.1. The number of nitrogens with zero attached hydrogens (tertiary/aromatic N) is 1. The predicted molar refractivity (Wildman–Crippen MR) is 84.1 cm³/mol. The molecule has 4 nitrogen and oxygen atoms in total. The van der Waals surface area contributed by atoms with Crippen molar-refractivity contribution in [2.24, 2.45) is 10.9 Å². The van der Waals surface area contributed by atoms with E-state index in [1.807, 2.05) is 12.1 Å². The Balaban J connectivity index is 2.01. The normalized spacial score (nSPS) is 11.4. The molecule has 21 heavy (non-hydrogen) atoms. The van der Waals surface area contributed by atoms with E-state index < -0.39 is 0 Å². The fourth-order valence-corrected chi connectivity index (χ4v) is 1.99. The van der Waals surface area contributed by atoms with Gasteiger partial charge in [0.1, 0.15) is 11.5 Å². The number of hydrogen-bond acceptors (Lipinski definition) is 3. The summed E-state index contributed by atoms with van der Waals surface area (Å²) in [5, 5.41) is 11.6. The molecule has 0 bridgehead atoms. The molecule has 0 radical (unpaired) electrons. The summed E-state index contributed by atoms with van der Waals surface area (Å²) in [5.74, 6) is 1.60. The number of oxime groups is 1. The third-order valence-corrected chi connectivity index (χ3v) is 3.24. The summed E-state index contributed by atoms with van der Waals surface area (Å²) in [5.41, 5.74) is 7.49. The minimum absolute atomic E-state index is 0.0850. The summed E-state index contributed by atoms with van der Waals surface area (Å²) < 4.78 is 5.76. The molecule has 0 fully saturated rings. The monoisotopic (exact) mass is 284 g/mol. The third-order valence-electron chi connectivity index (χ3n) is 3.24. The van der Waals surface area contributed by atoms with Crippen molar-refractivity contribution in [1.29, 1.82) is 0 Å². The molecule has 2 aromatic carbocycles. The van der Waals surface area contributed by atoms with Crippen LogP contribution in [0.25, 0.3) is 0 Å². The van der Waals surface area contributed by atoms with Crippen LogP contribution in [0.1, 0.15) is 30.9 Å². The minimum Gasteiger partial charge on any atom is -0.457 e. The highest BCUT2D eigenvalue weighted by atomic mass is 16.5. The second kappa shape index (κ2) is 7.33. The summed E-state index contributed by atoms with van der Waals surface area (Å²) in [6.45, 7) is 2.19. The number of rotatable bonds is 6. The Morgan fingerprint density at radius 2 is 1.62 bits per heavy atom. The van der Waals surface area contributed by atoms with Crippen LogP contribution in [0, 0.1) is 0 Å². The van der Waals surface area contributed by atoms with Gasteiger partial charge in [-0.05, 0) is 54.8 Å². The highest BCUT2D eigenvalue weighted by Crippen LogP contribution is 2.22. The summed E-state index contributed by atoms with van der Waals surface area (Å²) in [7, 11) is 0. The first-order valence-electron chi connectivity index (χ1n) is 7.07. The van der Waals surface area contributed by atoms with Crippen molar-refractivity contribution < 1.29 is 9.94 Å². The largest absolute Gasteiger partial charge is 0.457 e. The zero-order valence-electron chi connectivity index (χ0n) is 12.1. The van der Waals surface area contributed by atoms with Crippen LogP contribution < -0.4 is 10.5 Å². The first kappa shape index (κ1) is 14.9. The smallest absolute Gasteiger partial charge is 0.170 e. The zero-order valence-corrected chi connectivity index (χ0v) is 12.1. The Hall–Kier alpha value is -2.49. The van der Waals surface area contributed by atoms with Crippen LogP contribution in [0.2, 0.25) is 0 Å². The van der Waals surface area contributed by atoms with Gasteiger partial charge in [-0.1, -0.05) is 30.6 Å². The molecule has 0 atom stereocenters. The van der Waals surface area contributed by atoms with E-state index in [-0.39, 0.29) is 5.84 Å². The van der Waals surface area contributed by atoms with Gasteiger partial charge in [0, 0.05) is 5.56 Å². The molecule has 0 unspecified atom stereocenters. The third kappa shape index (κ3) is 4.24. The maximum atomic E-state index is 8.61. The average Bonchev–Trinajstić information content (AvgIpc) is 2.54. The van der Waals surface area contributed by atoms with E-state index in [0.717, 1.165) is 12.2 Å². The quantitative estimate of drug-likeness (QED) is 0.365. The summed E-state index contributed by atoms with van der Waals surface area (Å²) in [6, 6.07) is 15.2. The minimum atomic E-state index is 0.0850. The van der Waals surface area contributed by atoms with Gasteiger partial charge in [-0.15, -0.1) is 0 Å². The van der Waals surface area contributed by atoms with E-state index in [1.54, 1.807) is 24.3 Å². The Morgan fingerprint density at radius 1 is 1.05 bits per heavy atom. The molecule has 0 aliphatic carbocycles. The topological polar surface area (TPSA) is 67.8 Å². The van der Waals surface area contributed by atoms with Crippen molar-refractivity contribution >= 4 is 5.84 Å². The van der Waals surface area contributed by atoms with Crippen molar-refractivity contribution in [3.63, 3.8) is 0 Å². The van der Waals surface area contributed by atoms with Crippen molar-refractivity contribution in [3.8, 4) is 11.5 Å². The molecule has 0 aromatic heterocycles. The molecule has 2 rings (SSSR count). The SMILES string of the molecule is CCCCc1ccc(Oc2ccc(/C(N)=N/O)cc2)cc1. The van der Waals surface area contributed by atoms with Crippen LogP contribution >= 0.6 is 0 Å². The number of unbranched alkanes of at least 4 members (excludes halogenated alkanes) is 1. The van der Waals surface area contributed by atoms with E-state index in [0.29, 0.717) is 11.3 Å². The highest BCUT2D eigenvalue weighted by Gasteiger charge is 2.01. The first-order valence-corrected chi connectivity index (χ1v) is 7.07. The lowest BCUT2D eigenvalue weighted by Gasteiger charge is -2.07. The van der Waals surface area contributed by atoms with Gasteiger partial charge >= 0.3 is 0 Å². The summed E-state index contributed by atoms with van der Waals surface area (Å²) in [6.07, 6.45) is 3.51. The highest BCUT2D eigenvalue weighted by molar-refractivity contribution is 5.97. The predicted octanol–water partition coefficient (Wildman–Crippen LogP) is 3.92. The lowest BCUT2D eigenvalue weighted by Crippen LogP contribution is -2.12. The second-order valence-corrected chi connectivity index (χ2v) is 4.86. The molecule has 2 aromatic rings.